The van der Waals surface area contributed by atoms with Crippen molar-refractivity contribution in [3.05, 3.63) is 36.0 Å². The second kappa shape index (κ2) is 5.14. The van der Waals surface area contributed by atoms with Gasteiger partial charge in [-0.25, -0.2) is 4.98 Å². The van der Waals surface area contributed by atoms with Crippen molar-refractivity contribution in [2.45, 2.75) is 6.54 Å². The molecule has 0 bridgehead atoms. The van der Waals surface area contributed by atoms with Crippen LogP contribution >= 0.6 is 24.8 Å². The molecule has 0 aliphatic rings. The van der Waals surface area contributed by atoms with Crippen molar-refractivity contribution < 1.29 is 4.39 Å². The van der Waals surface area contributed by atoms with Gasteiger partial charge in [-0.3, -0.25) is 4.40 Å². The molecule has 0 amide bonds. The third-order valence-electron chi connectivity index (χ3n) is 1.70. The van der Waals surface area contributed by atoms with Gasteiger partial charge in [0.15, 0.2) is 5.95 Å². The minimum Gasteiger partial charge on any atom is -0.325 e. The summed E-state index contributed by atoms with van der Waals surface area (Å²) in [5.74, 6) is -0.320. The molecule has 2 N–H and O–H groups in total. The van der Waals surface area contributed by atoms with Gasteiger partial charge in [0.2, 0.25) is 0 Å². The van der Waals surface area contributed by atoms with Crippen LogP contribution in [0.3, 0.4) is 0 Å². The monoisotopic (exact) mass is 237 g/mol. The van der Waals surface area contributed by atoms with Gasteiger partial charge in [0.1, 0.15) is 5.65 Å². The highest BCUT2D eigenvalue weighted by Gasteiger charge is 2.01. The number of nitrogens with two attached hydrogens (primary N) is 1. The first kappa shape index (κ1) is 13.2. The molecular weight excluding hydrogens is 228 g/mol. The summed E-state index contributed by atoms with van der Waals surface area (Å²) in [6, 6.07) is 4.75. The number of imidazole rings is 1. The summed E-state index contributed by atoms with van der Waals surface area (Å²) in [6.45, 7) is 0.334. The Kier molecular flexibility index (Phi) is 4.83. The van der Waals surface area contributed by atoms with Crippen LogP contribution in [-0.2, 0) is 6.54 Å². The standard InChI is InChI=1S/C8H8FN3.2ClH/c9-7-2-1-3-8-11-6(4-10)5-12(7)8;;/h1-3,5H,4,10H2;2*1H. The molecule has 0 atom stereocenters. The zero-order chi connectivity index (χ0) is 8.55. The number of rotatable bonds is 1. The van der Waals surface area contributed by atoms with E-state index in [0.29, 0.717) is 17.9 Å². The van der Waals surface area contributed by atoms with Crippen LogP contribution in [0.2, 0.25) is 0 Å². The van der Waals surface area contributed by atoms with Crippen LogP contribution in [0.1, 0.15) is 5.69 Å². The molecule has 0 spiro atoms. The normalized spacial score (nSPS) is 9.29. The molecule has 2 aromatic heterocycles. The van der Waals surface area contributed by atoms with Crippen molar-refractivity contribution in [1.29, 1.82) is 0 Å². The van der Waals surface area contributed by atoms with E-state index in [4.69, 9.17) is 5.73 Å². The Hall–Kier alpha value is -0.840. The van der Waals surface area contributed by atoms with E-state index in [9.17, 15) is 4.39 Å². The summed E-state index contributed by atoms with van der Waals surface area (Å²) < 4.78 is 14.4. The van der Waals surface area contributed by atoms with Crippen molar-refractivity contribution in [3.63, 3.8) is 0 Å². The topological polar surface area (TPSA) is 43.3 Å². The van der Waals surface area contributed by atoms with Crippen molar-refractivity contribution in [2.24, 2.45) is 5.73 Å². The van der Waals surface area contributed by atoms with E-state index in [0.717, 1.165) is 0 Å². The van der Waals surface area contributed by atoms with E-state index in [1.807, 2.05) is 0 Å². The summed E-state index contributed by atoms with van der Waals surface area (Å²) in [5, 5.41) is 0. The molecule has 78 valence electrons. The first-order chi connectivity index (χ1) is 5.81. The van der Waals surface area contributed by atoms with Gasteiger partial charge < -0.3 is 5.73 Å². The lowest BCUT2D eigenvalue weighted by molar-refractivity contribution is 0.567. The van der Waals surface area contributed by atoms with Gasteiger partial charge in [0, 0.05) is 12.7 Å². The molecule has 0 aromatic carbocycles. The van der Waals surface area contributed by atoms with Gasteiger partial charge in [-0.05, 0) is 12.1 Å². The van der Waals surface area contributed by atoms with E-state index in [-0.39, 0.29) is 30.8 Å². The Morgan fingerprint density at radius 2 is 2.07 bits per heavy atom. The second-order valence-corrected chi connectivity index (χ2v) is 2.51. The summed E-state index contributed by atoms with van der Waals surface area (Å²) in [7, 11) is 0. The lowest BCUT2D eigenvalue weighted by Crippen LogP contribution is -1.95. The summed E-state index contributed by atoms with van der Waals surface area (Å²) in [4.78, 5) is 4.09. The number of nitrogens with zero attached hydrogens (tertiary/aromatic N) is 2. The van der Waals surface area contributed by atoms with Crippen molar-refractivity contribution in [2.75, 3.05) is 0 Å². The Morgan fingerprint density at radius 3 is 2.64 bits per heavy atom. The lowest BCUT2D eigenvalue weighted by Gasteiger charge is -1.91. The molecule has 6 heteroatoms. The Balaban J connectivity index is 0.000000845. The number of hydrogen-bond donors (Lipinski definition) is 1. The van der Waals surface area contributed by atoms with Crippen LogP contribution in [-0.4, -0.2) is 9.38 Å². The number of aromatic nitrogens is 2. The second-order valence-electron chi connectivity index (χ2n) is 2.51. The summed E-state index contributed by atoms with van der Waals surface area (Å²) >= 11 is 0. The van der Waals surface area contributed by atoms with Crippen LogP contribution in [0.25, 0.3) is 5.65 Å². The van der Waals surface area contributed by atoms with E-state index in [2.05, 4.69) is 4.98 Å². The average Bonchev–Trinajstić information content (AvgIpc) is 2.49. The van der Waals surface area contributed by atoms with Gasteiger partial charge in [-0.15, -0.1) is 24.8 Å². The molecule has 0 aliphatic heterocycles. The fourth-order valence-electron chi connectivity index (χ4n) is 1.13. The predicted octanol–water partition coefficient (Wildman–Crippen LogP) is 1.78. The minimum absolute atomic E-state index is 0. The number of hydrogen-bond acceptors (Lipinski definition) is 2. The number of pyridine rings is 1. The largest absolute Gasteiger partial charge is 0.325 e. The third-order valence-corrected chi connectivity index (χ3v) is 1.70. The zero-order valence-corrected chi connectivity index (χ0v) is 8.82. The highest BCUT2D eigenvalue weighted by Crippen LogP contribution is 2.06. The minimum atomic E-state index is -0.320. The van der Waals surface area contributed by atoms with Crippen LogP contribution in [0.5, 0.6) is 0 Å². The first-order valence-electron chi connectivity index (χ1n) is 3.64. The molecular formula is C8H10Cl2FN3. The smallest absolute Gasteiger partial charge is 0.199 e. The Bertz CT molecular complexity index is 416. The van der Waals surface area contributed by atoms with Gasteiger partial charge >= 0.3 is 0 Å². The molecule has 0 aliphatic carbocycles. The Morgan fingerprint density at radius 1 is 1.36 bits per heavy atom. The Labute approximate surface area is 92.9 Å². The van der Waals surface area contributed by atoms with Crippen LogP contribution in [0.15, 0.2) is 24.4 Å². The molecule has 2 rings (SSSR count). The predicted molar refractivity (Wildman–Crippen MR) is 57.5 cm³/mol. The average molecular weight is 238 g/mol. The number of fused-ring (bicyclic) bond motifs is 1. The van der Waals surface area contributed by atoms with E-state index < -0.39 is 0 Å². The lowest BCUT2D eigenvalue weighted by atomic mass is 10.5. The summed E-state index contributed by atoms with van der Waals surface area (Å²) in [5.41, 5.74) is 6.65. The summed E-state index contributed by atoms with van der Waals surface area (Å²) in [6.07, 6.45) is 1.60. The van der Waals surface area contributed by atoms with Gasteiger partial charge in [0.05, 0.1) is 5.69 Å². The van der Waals surface area contributed by atoms with E-state index >= 15 is 0 Å². The third kappa shape index (κ3) is 2.15. The fraction of sp³-hybridized carbons (Fsp3) is 0.125. The van der Waals surface area contributed by atoms with Crippen molar-refractivity contribution in [1.82, 2.24) is 9.38 Å². The molecule has 0 radical (unpaired) electrons. The van der Waals surface area contributed by atoms with Gasteiger partial charge in [0.25, 0.3) is 0 Å². The van der Waals surface area contributed by atoms with E-state index in [1.165, 1.54) is 10.5 Å². The van der Waals surface area contributed by atoms with Crippen LogP contribution in [0, 0.1) is 5.95 Å². The quantitative estimate of drug-likeness (QED) is 0.769. The molecule has 0 unspecified atom stereocenters. The van der Waals surface area contributed by atoms with E-state index in [1.54, 1.807) is 18.3 Å². The highest BCUT2D eigenvalue weighted by molar-refractivity contribution is 5.85. The fourth-order valence-corrected chi connectivity index (χ4v) is 1.13. The zero-order valence-electron chi connectivity index (χ0n) is 7.18. The maximum absolute atomic E-state index is 13.0. The van der Waals surface area contributed by atoms with Gasteiger partial charge in [-0.1, -0.05) is 6.07 Å². The maximum atomic E-state index is 13.0. The molecule has 0 fully saturated rings. The molecule has 2 heterocycles. The number of halogens is 3. The highest BCUT2D eigenvalue weighted by atomic mass is 35.5. The molecule has 0 saturated heterocycles. The van der Waals surface area contributed by atoms with Gasteiger partial charge in [-0.2, -0.15) is 4.39 Å². The SMILES string of the molecule is Cl.Cl.NCc1cn2c(F)cccc2n1. The molecule has 0 saturated carbocycles. The first-order valence-corrected chi connectivity index (χ1v) is 3.64. The van der Waals surface area contributed by atoms with Crippen molar-refractivity contribution >= 4 is 30.5 Å². The van der Waals surface area contributed by atoms with Crippen LogP contribution in [0.4, 0.5) is 4.39 Å². The maximum Gasteiger partial charge on any atom is 0.199 e. The molecule has 14 heavy (non-hydrogen) atoms. The van der Waals surface area contributed by atoms with Crippen LogP contribution < -0.4 is 5.73 Å². The molecule has 2 aromatic rings. The van der Waals surface area contributed by atoms with Crippen molar-refractivity contribution in [3.8, 4) is 0 Å². The molecule has 3 nitrogen and oxygen atoms in total.